The van der Waals surface area contributed by atoms with Gasteiger partial charge < -0.3 is 10.4 Å². The van der Waals surface area contributed by atoms with Gasteiger partial charge in [0.2, 0.25) is 5.91 Å². The van der Waals surface area contributed by atoms with Crippen LogP contribution in [-0.2, 0) is 9.59 Å². The van der Waals surface area contributed by atoms with E-state index in [4.69, 9.17) is 5.11 Å². The molecule has 0 aromatic heterocycles. The van der Waals surface area contributed by atoms with Gasteiger partial charge in [-0.15, -0.1) is 0 Å². The van der Waals surface area contributed by atoms with Gasteiger partial charge in [0.05, 0.1) is 5.92 Å². The molecule has 0 saturated heterocycles. The molecule has 0 aromatic rings. The second-order valence-electron chi connectivity index (χ2n) is 4.97. The fraction of sp³-hybridized carbons (Fsp3) is 0.833. The van der Waals surface area contributed by atoms with Crippen molar-refractivity contribution in [2.24, 2.45) is 11.8 Å². The lowest BCUT2D eigenvalue weighted by Gasteiger charge is -2.19. The molecule has 0 heterocycles. The number of carboxylic acid groups (broad SMARTS) is 1. The molecule has 16 heavy (non-hydrogen) atoms. The SMILES string of the molecule is O=C(NC1CCCC1C(=O)O)C1CCCC1. The molecule has 90 valence electrons. The van der Waals surface area contributed by atoms with Crippen LogP contribution < -0.4 is 5.32 Å². The highest BCUT2D eigenvalue weighted by Gasteiger charge is 2.35. The molecule has 4 heteroatoms. The van der Waals surface area contributed by atoms with Gasteiger partial charge in [0.25, 0.3) is 0 Å². The van der Waals surface area contributed by atoms with Gasteiger partial charge in [-0.25, -0.2) is 0 Å². The first-order valence-electron chi connectivity index (χ1n) is 6.21. The highest BCUT2D eigenvalue weighted by atomic mass is 16.4. The summed E-state index contributed by atoms with van der Waals surface area (Å²) in [5.41, 5.74) is 0. The van der Waals surface area contributed by atoms with Gasteiger partial charge in [0, 0.05) is 12.0 Å². The maximum absolute atomic E-state index is 11.9. The monoisotopic (exact) mass is 225 g/mol. The summed E-state index contributed by atoms with van der Waals surface area (Å²) in [6.07, 6.45) is 6.62. The van der Waals surface area contributed by atoms with E-state index >= 15 is 0 Å². The molecule has 2 unspecified atom stereocenters. The third-order valence-electron chi connectivity index (χ3n) is 3.89. The topological polar surface area (TPSA) is 66.4 Å². The molecule has 2 saturated carbocycles. The molecule has 4 nitrogen and oxygen atoms in total. The van der Waals surface area contributed by atoms with E-state index in [0.717, 1.165) is 38.5 Å². The van der Waals surface area contributed by atoms with Gasteiger partial charge >= 0.3 is 5.97 Å². The molecule has 2 rings (SSSR count). The first-order chi connectivity index (χ1) is 7.68. The Kier molecular flexibility index (Phi) is 3.46. The first kappa shape index (κ1) is 11.4. The molecule has 2 fully saturated rings. The minimum absolute atomic E-state index is 0.0793. The van der Waals surface area contributed by atoms with Crippen LogP contribution in [0, 0.1) is 11.8 Å². The van der Waals surface area contributed by atoms with E-state index < -0.39 is 5.97 Å². The van der Waals surface area contributed by atoms with Crippen molar-refractivity contribution in [1.82, 2.24) is 5.32 Å². The molecule has 1 amide bonds. The van der Waals surface area contributed by atoms with Crippen molar-refractivity contribution in [2.45, 2.75) is 51.0 Å². The summed E-state index contributed by atoms with van der Waals surface area (Å²) in [7, 11) is 0. The van der Waals surface area contributed by atoms with Crippen molar-refractivity contribution in [2.75, 3.05) is 0 Å². The number of carbonyl (C=O) groups excluding carboxylic acids is 1. The number of hydrogen-bond acceptors (Lipinski definition) is 2. The van der Waals surface area contributed by atoms with Crippen LogP contribution in [0.3, 0.4) is 0 Å². The van der Waals surface area contributed by atoms with Gasteiger partial charge in [-0.3, -0.25) is 9.59 Å². The zero-order chi connectivity index (χ0) is 11.5. The average molecular weight is 225 g/mol. The first-order valence-corrected chi connectivity index (χ1v) is 6.21. The van der Waals surface area contributed by atoms with Crippen molar-refractivity contribution in [3.05, 3.63) is 0 Å². The number of aliphatic carboxylic acids is 1. The number of rotatable bonds is 3. The Bertz CT molecular complexity index is 284. The fourth-order valence-electron chi connectivity index (χ4n) is 2.92. The molecular weight excluding hydrogens is 206 g/mol. The number of carbonyl (C=O) groups is 2. The maximum atomic E-state index is 11.9. The summed E-state index contributed by atoms with van der Waals surface area (Å²) < 4.78 is 0. The quantitative estimate of drug-likeness (QED) is 0.765. The molecule has 0 aromatic carbocycles. The smallest absolute Gasteiger partial charge is 0.308 e. The van der Waals surface area contributed by atoms with Gasteiger partial charge in [-0.05, 0) is 25.7 Å². The number of nitrogens with one attached hydrogen (secondary N) is 1. The second kappa shape index (κ2) is 4.85. The minimum atomic E-state index is -0.769. The van der Waals surface area contributed by atoms with Crippen molar-refractivity contribution >= 4 is 11.9 Å². The lowest BCUT2D eigenvalue weighted by Crippen LogP contribution is -2.42. The molecular formula is C12H19NO3. The average Bonchev–Trinajstić information content (AvgIpc) is 2.86. The Morgan fingerprint density at radius 2 is 1.69 bits per heavy atom. The molecule has 2 atom stereocenters. The van der Waals surface area contributed by atoms with E-state index in [1.807, 2.05) is 0 Å². The Labute approximate surface area is 95.4 Å². The predicted octanol–water partition coefficient (Wildman–Crippen LogP) is 1.55. The van der Waals surface area contributed by atoms with Crippen LogP contribution >= 0.6 is 0 Å². The fourth-order valence-corrected chi connectivity index (χ4v) is 2.92. The van der Waals surface area contributed by atoms with E-state index in [9.17, 15) is 9.59 Å². The molecule has 0 aliphatic heterocycles. The summed E-state index contributed by atoms with van der Waals surface area (Å²) in [4.78, 5) is 22.8. The van der Waals surface area contributed by atoms with Gasteiger partial charge in [0.1, 0.15) is 0 Å². The minimum Gasteiger partial charge on any atom is -0.481 e. The summed E-state index contributed by atoms with van der Waals surface area (Å²) in [6.45, 7) is 0. The zero-order valence-electron chi connectivity index (χ0n) is 9.45. The maximum Gasteiger partial charge on any atom is 0.308 e. The van der Waals surface area contributed by atoms with Gasteiger partial charge in [-0.1, -0.05) is 19.3 Å². The van der Waals surface area contributed by atoms with Crippen LogP contribution in [0.5, 0.6) is 0 Å². The molecule has 2 aliphatic carbocycles. The van der Waals surface area contributed by atoms with Crippen LogP contribution in [0.25, 0.3) is 0 Å². The Balaban J connectivity index is 1.88. The second-order valence-corrected chi connectivity index (χ2v) is 4.97. The number of amides is 1. The Morgan fingerprint density at radius 1 is 1.00 bits per heavy atom. The van der Waals surface area contributed by atoms with E-state index in [0.29, 0.717) is 6.42 Å². The Hall–Kier alpha value is -1.06. The van der Waals surface area contributed by atoms with E-state index in [-0.39, 0.29) is 23.8 Å². The van der Waals surface area contributed by atoms with Crippen molar-refractivity contribution in [1.29, 1.82) is 0 Å². The van der Waals surface area contributed by atoms with Gasteiger partial charge in [0.15, 0.2) is 0 Å². The summed E-state index contributed by atoms with van der Waals surface area (Å²) in [6, 6.07) is -0.134. The van der Waals surface area contributed by atoms with Crippen LogP contribution in [0.2, 0.25) is 0 Å². The third-order valence-corrected chi connectivity index (χ3v) is 3.89. The van der Waals surface area contributed by atoms with Crippen molar-refractivity contribution in [3.63, 3.8) is 0 Å². The van der Waals surface area contributed by atoms with Crippen LogP contribution in [0.4, 0.5) is 0 Å². The van der Waals surface area contributed by atoms with Crippen molar-refractivity contribution in [3.8, 4) is 0 Å². The zero-order valence-corrected chi connectivity index (χ0v) is 9.45. The van der Waals surface area contributed by atoms with E-state index in [1.54, 1.807) is 0 Å². The normalized spacial score (nSPS) is 30.5. The van der Waals surface area contributed by atoms with E-state index in [2.05, 4.69) is 5.32 Å². The number of carboxylic acids is 1. The molecule has 2 aliphatic rings. The van der Waals surface area contributed by atoms with Crippen LogP contribution in [0.15, 0.2) is 0 Å². The number of hydrogen-bond donors (Lipinski definition) is 2. The largest absolute Gasteiger partial charge is 0.481 e. The van der Waals surface area contributed by atoms with E-state index in [1.165, 1.54) is 0 Å². The summed E-state index contributed by atoms with van der Waals surface area (Å²) in [5.74, 6) is -0.926. The molecule has 0 radical (unpaired) electrons. The highest BCUT2D eigenvalue weighted by molar-refractivity contribution is 5.80. The standard InChI is InChI=1S/C12H19NO3/c14-11(8-4-1-2-5-8)13-10-7-3-6-9(10)12(15)16/h8-10H,1-7H2,(H,13,14)(H,15,16). The molecule has 2 N–H and O–H groups in total. The lowest BCUT2D eigenvalue weighted by molar-refractivity contribution is -0.142. The third kappa shape index (κ3) is 2.36. The predicted molar refractivity (Wildman–Crippen MR) is 58.9 cm³/mol. The lowest BCUT2D eigenvalue weighted by atomic mass is 10.0. The summed E-state index contributed by atoms with van der Waals surface area (Å²) in [5, 5.41) is 11.9. The molecule has 0 spiro atoms. The summed E-state index contributed by atoms with van der Waals surface area (Å²) >= 11 is 0. The van der Waals surface area contributed by atoms with Crippen LogP contribution in [-0.4, -0.2) is 23.0 Å². The van der Waals surface area contributed by atoms with Crippen molar-refractivity contribution < 1.29 is 14.7 Å². The van der Waals surface area contributed by atoms with Crippen LogP contribution in [0.1, 0.15) is 44.9 Å². The molecule has 0 bridgehead atoms. The van der Waals surface area contributed by atoms with Gasteiger partial charge in [-0.2, -0.15) is 0 Å². The Morgan fingerprint density at radius 3 is 2.31 bits per heavy atom. The highest BCUT2D eigenvalue weighted by Crippen LogP contribution is 2.28.